The highest BCUT2D eigenvalue weighted by Gasteiger charge is 2.50. The molecular formula is C58H103N15O52P12S8. The number of H-pyrrole nitrogens is 2. The normalized spacial score (nSPS) is 24.4. The molecule has 20 atom stereocenters. The monoisotopic (exact) mass is 2470 g/mol. The van der Waals surface area contributed by atoms with Crippen molar-refractivity contribution >= 4 is 220 Å². The summed E-state index contributed by atoms with van der Waals surface area (Å²) in [6.45, 7) is 21.3. The van der Waals surface area contributed by atoms with E-state index in [-0.39, 0.29) is 97.2 Å². The second kappa shape index (κ2) is 53.4. The molecule has 87 heteroatoms. The van der Waals surface area contributed by atoms with Crippen molar-refractivity contribution in [2.24, 2.45) is 0 Å². The second-order valence-electron chi connectivity index (χ2n) is 33.0. The fourth-order valence-electron chi connectivity index (χ4n) is 11.5. The zero-order chi connectivity index (χ0) is 109. The molecule has 24 N–H and O–H groups in total. The zero-order valence-corrected chi connectivity index (χ0v) is 93.9. The Labute approximate surface area is 850 Å². The average Bonchev–Trinajstić information content (AvgIpc) is 1.63. The zero-order valence-electron chi connectivity index (χ0n) is 76.6. The molecule has 6 aromatic heterocycles. The van der Waals surface area contributed by atoms with Crippen LogP contribution in [0.3, 0.4) is 0 Å². The Hall–Kier alpha value is -2.02. The van der Waals surface area contributed by atoms with Crippen molar-refractivity contribution < 1.29 is 224 Å². The molecule has 0 amide bonds. The molecule has 4 fully saturated rings. The minimum Gasteiger partial charge on any atom is -0.383 e. The molecule has 0 spiro atoms. The Morgan fingerprint density at radius 3 is 0.972 bits per heavy atom. The Bertz CT molecular complexity index is 6260. The first-order valence-electron chi connectivity index (χ1n) is 39.8. The van der Waals surface area contributed by atoms with Crippen molar-refractivity contribution in [3.63, 3.8) is 0 Å². The number of nitrogens with one attached hydrogen (secondary N) is 2. The maximum atomic E-state index is 12.2. The number of nitrogen functional groups attached to an aromatic ring is 3. The van der Waals surface area contributed by atoms with Gasteiger partial charge in [0.2, 0.25) is 5.95 Å². The molecule has 0 saturated carbocycles. The molecule has 4 saturated heterocycles. The number of ether oxygens (including phenoxy) is 8. The van der Waals surface area contributed by atoms with E-state index in [1.165, 1.54) is 96.0 Å². The average molecular weight is 2470 g/mol. The largest absolute Gasteiger partial charge is 0.490 e. The van der Waals surface area contributed by atoms with Crippen molar-refractivity contribution in [1.29, 1.82) is 0 Å². The maximum Gasteiger partial charge on any atom is 0.490 e. The lowest BCUT2D eigenvalue weighted by molar-refractivity contribution is -0.0543. The highest BCUT2D eigenvalue weighted by molar-refractivity contribution is 8.78. The molecule has 0 aromatic carbocycles. The summed E-state index contributed by atoms with van der Waals surface area (Å²) in [4.78, 5) is 221. The van der Waals surface area contributed by atoms with Gasteiger partial charge in [0.1, 0.15) is 90.7 Å². The van der Waals surface area contributed by atoms with Gasteiger partial charge >= 0.3 is 105 Å². The van der Waals surface area contributed by atoms with Crippen molar-refractivity contribution in [2.45, 2.75) is 201 Å². The lowest BCUT2D eigenvalue weighted by Gasteiger charge is -2.22. The van der Waals surface area contributed by atoms with Crippen LogP contribution in [0.2, 0.25) is 0 Å². The molecule has 0 radical (unpaired) electrons. The number of aromatic amines is 2. The van der Waals surface area contributed by atoms with Gasteiger partial charge in [0, 0.05) is 63.1 Å². The van der Waals surface area contributed by atoms with Gasteiger partial charge in [-0.15, -0.1) is 0 Å². The van der Waals surface area contributed by atoms with Crippen LogP contribution in [-0.2, 0) is 145 Å². The Morgan fingerprint density at radius 1 is 0.372 bits per heavy atom. The molecule has 0 bridgehead atoms. The van der Waals surface area contributed by atoms with Crippen molar-refractivity contribution in [1.82, 2.24) is 58.1 Å². The number of aromatic nitrogens is 12. The second-order valence-corrected chi connectivity index (χ2v) is 62.9. The van der Waals surface area contributed by atoms with Gasteiger partial charge in [0.15, 0.2) is 22.6 Å². The van der Waals surface area contributed by atoms with Crippen LogP contribution in [0.4, 0.5) is 17.6 Å². The lowest BCUT2D eigenvalue weighted by atomic mass is 10.2. The molecule has 4 aliphatic rings. The van der Waals surface area contributed by atoms with E-state index in [9.17, 15) is 113 Å². The summed E-state index contributed by atoms with van der Waals surface area (Å²) >= 11 is 0. The topological polar surface area (TPSA) is 988 Å². The summed E-state index contributed by atoms with van der Waals surface area (Å²) < 4.78 is 238. The molecule has 145 heavy (non-hydrogen) atoms. The number of phosphoric acid groups is 12. The lowest BCUT2D eigenvalue weighted by Crippen LogP contribution is -2.31. The van der Waals surface area contributed by atoms with Gasteiger partial charge in [-0.1, -0.05) is 169 Å². The van der Waals surface area contributed by atoms with E-state index in [1.54, 1.807) is 36.9 Å². The number of nitrogens with two attached hydrogens (primary N) is 3. The Balaban J connectivity index is 0.000000262. The van der Waals surface area contributed by atoms with Gasteiger partial charge in [0.25, 0.3) is 11.1 Å². The molecular weight excluding hydrogens is 2370 g/mol. The van der Waals surface area contributed by atoms with E-state index in [2.05, 4.69) is 83.4 Å². The smallest absolute Gasteiger partial charge is 0.383 e. The van der Waals surface area contributed by atoms with Gasteiger partial charge in [-0.2, -0.15) is 44.5 Å². The fraction of sp³-hybridized carbons (Fsp3) is 0.690. The molecule has 4 aliphatic heterocycles. The number of imidazole rings is 2. The van der Waals surface area contributed by atoms with Gasteiger partial charge in [0.05, 0.1) is 63.5 Å². The predicted molar refractivity (Wildman–Crippen MR) is 519 cm³/mol. The van der Waals surface area contributed by atoms with Crippen LogP contribution >= 0.6 is 180 Å². The van der Waals surface area contributed by atoms with E-state index in [4.69, 9.17) is 103 Å². The molecule has 10 heterocycles. The summed E-state index contributed by atoms with van der Waals surface area (Å²) in [6, 6.07) is 2.46. The van der Waals surface area contributed by atoms with Crippen LogP contribution in [0.25, 0.3) is 22.3 Å². The van der Waals surface area contributed by atoms with Gasteiger partial charge < -0.3 is 133 Å². The van der Waals surface area contributed by atoms with Crippen LogP contribution in [0.5, 0.6) is 0 Å². The third kappa shape index (κ3) is 48.3. The maximum absolute atomic E-state index is 12.2. The minimum atomic E-state index is -5.68. The standard InChI is InChI=1S/C15H26N5O13P3S2.C15H26N5O12P3S2.C14H26N3O13P3S2.C14H25N2O14P3S2/c1-15(2,3)38-37-7-29-8-4-10(20-6-17-11-12(20)18-14(16)19-13(11)21)31-9(8)5-30-35(25,26)33-36(27,28)32-34(22,23)24;1-15(2,3)37-36-8-28-9-4-11(20-7-19-12-13(16)17-6-18-14(12)20)30-10(9)5-29-34(24,25)32-35(26,27)31-33(21,22)23;1-14(2,3)35-34-8-26-9-6-12(17-5-4-11(15)16-13(17)18)28-10(9)7-27-32(22,23)30-33(24,25)29-31(19,20)21;1-14(2,3)35-34-8-26-9-6-12(16-5-4-11(17)15-13(16)18)28-10(9)7-27-32(22,23)30-33(24,25)29-31(19,20)21/h6,8-10H,4-5,7H2,1-3H3,(H,25,26)(H,27,28)(H2,22,23,24)(H3,16,18,19,21);6-7,9-11H,4-5,8H2,1-3H3,(H,24,25)(H,26,27)(H2,16,17,18)(H2,21,22,23);4-5,9-10,12H,6-8H2,1-3H3,(H,22,23)(H,24,25)(H2,15,16,18)(H2,19,20,21);4-5,9-10,12H,6-8H2,1-3H3,(H,22,23)(H,24,25)(H,15,17,18)(H2,19,20,21)/t8-,9-,10-;9-,10-,11-;2*9-,10-,12-/m1111/s1. The van der Waals surface area contributed by atoms with Gasteiger partial charge in [-0.25, -0.2) is 84.3 Å². The number of anilines is 3. The number of nitrogens with zero attached hydrogens (tertiary/aromatic N) is 10. The molecule has 67 nitrogen and oxygen atoms in total. The van der Waals surface area contributed by atoms with E-state index in [1.807, 2.05) is 83.1 Å². The number of rotatable bonds is 48. The highest BCUT2D eigenvalue weighted by Crippen LogP contribution is 2.70. The SMILES string of the molecule is CC(C)(C)SSCO[C@@H]1C[C@H](n2ccc(=O)[nH]c2=O)O[C@@H]1COP(=O)(O)OP(=O)(O)OP(=O)(O)O.CC(C)(C)SSCO[C@@H]1C[C@H](n2ccc(N)nc2=O)O[C@@H]1COP(=O)(O)OP(=O)(O)OP(=O)(O)O.CC(C)(C)SSCO[C@@H]1C[C@H](n2cnc3c(=O)[nH]c(N)nc32)O[C@@H]1COP(=O)(O)OP(=O)(O)OP(=O)(O)O.CC(C)(C)SSCO[C@@H]1C[C@H](n2cnc3c(N)ncnc32)O[C@@H]1COP(=O)(O)OP(=O)(O)OP(=O)(O)O. The first kappa shape index (κ1) is 130. The van der Waals surface area contributed by atoms with Crippen molar-refractivity contribution in [2.75, 3.05) is 67.4 Å². The van der Waals surface area contributed by atoms with Crippen LogP contribution in [-0.4, -0.2) is 254 Å². The molecule has 0 aliphatic carbocycles. The quantitative estimate of drug-likeness (QED) is 0.00742. The van der Waals surface area contributed by atoms with Crippen LogP contribution < -0.4 is 39.7 Å². The van der Waals surface area contributed by atoms with Crippen molar-refractivity contribution in [3.8, 4) is 0 Å². The molecule has 6 aromatic rings. The van der Waals surface area contributed by atoms with E-state index >= 15 is 0 Å². The summed E-state index contributed by atoms with van der Waals surface area (Å²) in [5, 5.41) is 0. The van der Waals surface area contributed by atoms with Gasteiger partial charge in [-0.05, 0) is 6.07 Å². The molecule has 10 rings (SSSR count). The number of hydrogen-bond donors (Lipinski definition) is 21. The first-order chi connectivity index (χ1) is 66.0. The third-order valence-electron chi connectivity index (χ3n) is 16.3. The number of hydrogen-bond acceptors (Lipinski definition) is 53. The van der Waals surface area contributed by atoms with Gasteiger partial charge in [-0.3, -0.25) is 55.9 Å². The highest BCUT2D eigenvalue weighted by atomic mass is 33.1. The Morgan fingerprint density at radius 2 is 0.669 bits per heavy atom. The first-order valence-corrected chi connectivity index (χ1v) is 67.1. The van der Waals surface area contributed by atoms with E-state index in [0.717, 1.165) is 15.2 Å². The number of fused-ring (bicyclic) bond motifs is 2. The number of phosphoric ester groups is 4. The Kier molecular flexibility index (Phi) is 47.8. The molecule has 8 unspecified atom stereocenters. The summed E-state index contributed by atoms with van der Waals surface area (Å²) in [6.07, 6.45) is -3.50. The molecule has 830 valence electrons. The fourth-order valence-corrected chi connectivity index (χ4v) is 31.6. The predicted octanol–water partition coefficient (Wildman–Crippen LogP) is 8.09. The van der Waals surface area contributed by atoms with Crippen LogP contribution in [0.1, 0.15) is 134 Å². The summed E-state index contributed by atoms with van der Waals surface area (Å²) in [5.41, 5.74) is 15.1. The van der Waals surface area contributed by atoms with E-state index < -0.39 is 217 Å². The minimum absolute atomic E-state index is 0.00291. The van der Waals surface area contributed by atoms with Crippen LogP contribution in [0, 0.1) is 0 Å². The third-order valence-corrected chi connectivity index (χ3v) is 43.5. The summed E-state index contributed by atoms with van der Waals surface area (Å²) in [5.74, 6) is 0.761. The van der Waals surface area contributed by atoms with Crippen LogP contribution in [0.15, 0.2) is 62.7 Å². The van der Waals surface area contributed by atoms with Crippen molar-refractivity contribution in [3.05, 3.63) is 85.2 Å². The summed E-state index contributed by atoms with van der Waals surface area (Å²) in [7, 11) is -54.4. The van der Waals surface area contributed by atoms with E-state index in [0.29, 0.717) is 11.2 Å².